The topological polar surface area (TPSA) is 407 Å². The molecule has 142 heavy (non-hydrogen) atoms. The van der Waals surface area contributed by atoms with Crippen LogP contribution in [0.15, 0.2) is 245 Å². The molecule has 8 aromatic carbocycles. The number of aromatic nitrogens is 4. The van der Waals surface area contributed by atoms with Gasteiger partial charge in [-0.3, -0.25) is 43.9 Å². The molecule has 1 amide bonds. The summed E-state index contributed by atoms with van der Waals surface area (Å²) in [6.07, 6.45) is 12.3. The number of nitrogens with one attached hydrogen (secondary N) is 2. The fraction of sp³-hybridized carbons (Fsp3) is 0.336. The predicted octanol–water partition coefficient (Wildman–Crippen LogP) is 15.4. The zero-order valence-corrected chi connectivity index (χ0v) is 81.6. The number of nitrogens with zero attached hydrogens (tertiary/aromatic N) is 5. The van der Waals surface area contributed by atoms with Crippen LogP contribution in [0.3, 0.4) is 0 Å². The summed E-state index contributed by atoms with van der Waals surface area (Å²) in [5.41, 5.74) is 20.4. The number of aliphatic hydroxyl groups is 2. The second-order valence-electron chi connectivity index (χ2n) is 38.3. The first-order chi connectivity index (χ1) is 68.4. The van der Waals surface area contributed by atoms with Gasteiger partial charge in [0.2, 0.25) is 63.1 Å². The molecule has 1 unspecified atom stereocenters. The number of sulfonamides is 3. The third-order valence-corrected chi connectivity index (χ3v) is 33.7. The van der Waals surface area contributed by atoms with Crippen LogP contribution < -0.4 is 53.1 Å². The molecular formula is C110H110N8O21S3. The van der Waals surface area contributed by atoms with Crippen LogP contribution in [0.5, 0.6) is 46.0 Å². The fourth-order valence-corrected chi connectivity index (χ4v) is 23.0. The van der Waals surface area contributed by atoms with E-state index in [4.69, 9.17) is 63.7 Å². The van der Waals surface area contributed by atoms with Crippen LogP contribution in [-0.4, -0.2) is 154 Å². The number of carbonyl (C=O) groups excluding carboxylic acids is 5. The Morgan fingerprint density at radius 3 is 1.19 bits per heavy atom. The summed E-state index contributed by atoms with van der Waals surface area (Å²) in [5.74, 6) is 5.74. The molecule has 0 spiro atoms. The lowest BCUT2D eigenvalue weighted by atomic mass is 9.87. The van der Waals surface area contributed by atoms with Crippen LogP contribution in [0.2, 0.25) is 0 Å². The molecule has 5 saturated carbocycles. The smallest absolute Gasteiger partial charge is 0.243 e. The summed E-state index contributed by atoms with van der Waals surface area (Å²) < 4.78 is 126. The number of Topliss-reactive ketones (excluding diaryl/α,β-unsaturated/α-hetero) is 4. The van der Waals surface area contributed by atoms with Gasteiger partial charge in [0.25, 0.3) is 0 Å². The molecule has 2 atom stereocenters. The molecule has 5 aliphatic heterocycles. The predicted molar refractivity (Wildman–Crippen MR) is 528 cm³/mol. The number of benzene rings is 8. The highest BCUT2D eigenvalue weighted by Gasteiger charge is 2.55. The Balaban J connectivity index is 0.000000120. The van der Waals surface area contributed by atoms with E-state index in [-0.39, 0.29) is 103 Å². The first-order valence-corrected chi connectivity index (χ1v) is 52.4. The second-order valence-corrected chi connectivity index (χ2v) is 43.7. The summed E-state index contributed by atoms with van der Waals surface area (Å²) >= 11 is 0. The van der Waals surface area contributed by atoms with E-state index >= 15 is 0 Å². The monoisotopic (exact) mass is 1970 g/mol. The van der Waals surface area contributed by atoms with Crippen molar-refractivity contribution in [2.24, 2.45) is 11.7 Å². The van der Waals surface area contributed by atoms with Crippen LogP contribution in [0, 0.1) is 19.8 Å². The highest BCUT2D eigenvalue weighted by Crippen LogP contribution is 2.56. The third-order valence-electron chi connectivity index (χ3n) is 28.9. The Bertz CT molecular complexity index is 7250. The normalized spacial score (nSPS) is 17.7. The molecular weight excluding hydrogens is 1870 g/mol. The van der Waals surface area contributed by atoms with E-state index in [1.807, 2.05) is 128 Å². The number of ketones is 4. The largest absolute Gasteiger partial charge is 0.454 e. The number of hydrogen-bond donors (Lipinski definition) is 5. The van der Waals surface area contributed by atoms with Crippen LogP contribution in [0.25, 0.3) is 44.9 Å². The number of pyridine rings is 4. The van der Waals surface area contributed by atoms with Crippen molar-refractivity contribution >= 4 is 59.1 Å². The molecule has 4 aromatic heterocycles. The van der Waals surface area contributed by atoms with E-state index in [1.165, 1.54) is 33.1 Å². The maximum absolute atomic E-state index is 13.4. The zero-order chi connectivity index (χ0) is 99.0. The summed E-state index contributed by atoms with van der Waals surface area (Å²) in [5, 5.41) is 18.2. The van der Waals surface area contributed by atoms with Gasteiger partial charge in [-0.05, 0) is 263 Å². The van der Waals surface area contributed by atoms with Crippen molar-refractivity contribution in [2.75, 3.05) is 53.4 Å². The molecule has 12 aromatic rings. The minimum Gasteiger partial charge on any atom is -0.454 e. The van der Waals surface area contributed by atoms with Crippen molar-refractivity contribution in [1.29, 1.82) is 0 Å². The van der Waals surface area contributed by atoms with Gasteiger partial charge in [0.1, 0.15) is 23.1 Å². The van der Waals surface area contributed by atoms with E-state index in [0.29, 0.717) is 106 Å². The summed E-state index contributed by atoms with van der Waals surface area (Å²) in [6, 6.07) is 67.7. The van der Waals surface area contributed by atoms with E-state index in [0.717, 1.165) is 132 Å². The maximum atomic E-state index is 13.4. The molecule has 0 bridgehead atoms. The van der Waals surface area contributed by atoms with Gasteiger partial charge in [0.15, 0.2) is 46.0 Å². The number of aliphatic hydroxyl groups excluding tert-OH is 2. The number of hydrogen-bond acceptors (Lipinski definition) is 25. The highest BCUT2D eigenvalue weighted by atomic mass is 32.2. The average Bonchev–Trinajstić information content (AvgIpc) is 1.59. The Kier molecular flexibility index (Phi) is 27.5. The van der Waals surface area contributed by atoms with Crippen LogP contribution in [-0.2, 0) is 101 Å². The molecule has 6 N–H and O–H groups in total. The van der Waals surface area contributed by atoms with Crippen LogP contribution in [0.1, 0.15) is 165 Å². The molecule has 29 nitrogen and oxygen atoms in total. The quantitative estimate of drug-likeness (QED) is 0.0261. The summed E-state index contributed by atoms with van der Waals surface area (Å²) in [4.78, 5) is 84.3. The van der Waals surface area contributed by atoms with Crippen molar-refractivity contribution in [1.82, 2.24) is 33.7 Å². The van der Waals surface area contributed by atoms with E-state index in [2.05, 4.69) is 66.4 Å². The highest BCUT2D eigenvalue weighted by molar-refractivity contribution is 7.90. The Hall–Kier alpha value is -13.4. The van der Waals surface area contributed by atoms with Crippen molar-refractivity contribution in [3.8, 4) is 90.9 Å². The lowest BCUT2D eigenvalue weighted by Crippen LogP contribution is -2.44. The van der Waals surface area contributed by atoms with E-state index < -0.39 is 76.3 Å². The molecule has 32 heteroatoms. The van der Waals surface area contributed by atoms with Crippen LogP contribution in [0.4, 0.5) is 0 Å². The van der Waals surface area contributed by atoms with Crippen molar-refractivity contribution < 1.29 is 97.3 Å². The van der Waals surface area contributed by atoms with Gasteiger partial charge in [-0.1, -0.05) is 123 Å². The molecule has 734 valence electrons. The maximum Gasteiger partial charge on any atom is 0.243 e. The van der Waals surface area contributed by atoms with Gasteiger partial charge < -0.3 is 53.8 Å². The number of primary amides is 1. The zero-order valence-electron chi connectivity index (χ0n) is 79.1. The molecule has 1 saturated heterocycles. The summed E-state index contributed by atoms with van der Waals surface area (Å²) in [7, 11) is -11.1. The van der Waals surface area contributed by atoms with Crippen LogP contribution >= 0.6 is 0 Å². The average molecular weight is 1980 g/mol. The Morgan fingerprint density at radius 1 is 0.437 bits per heavy atom. The summed E-state index contributed by atoms with van der Waals surface area (Å²) in [6.45, 7) is 9.10. The van der Waals surface area contributed by atoms with Crippen molar-refractivity contribution in [3.05, 3.63) is 292 Å². The first-order valence-electron chi connectivity index (χ1n) is 48.0. The molecule has 9 heterocycles. The molecule has 0 radical (unpaired) electrons. The lowest BCUT2D eigenvalue weighted by molar-refractivity contribution is -0.123. The van der Waals surface area contributed by atoms with Gasteiger partial charge in [0, 0.05) is 96.9 Å². The molecule has 6 fully saturated rings. The minimum atomic E-state index is -3.83. The number of fused-ring (bicyclic) bond motifs is 4. The number of piperidine rings is 1. The van der Waals surface area contributed by atoms with E-state index in [9.17, 15) is 54.3 Å². The third kappa shape index (κ3) is 20.7. The SMILES string of the molecule is Cc1c(-c2cccc(C(C)C)c2)cnc(CC(=O)C2(c3ccc4c(c3)OCO4)CC2)c1C.NC(=O)C1CCCN(S(=O)(=O)c2ccc(-c3cccc(CC(=O)C4(c5ccc6c(c5)OCO6)CC4)n3)cc2)C1.O=C(Cc1cccc(-c2ccc(S(=O)(=O)NC3CCC3)cc2)n1)C1(c2ccc3c(c2)OCO3)CC1.O=C(Cc1cccc(-c2ccc(S(=O)(=O)NC[C@H](O)CO)cc2)n1)C1(c2ccc3c(c2)OCO3)CC1. The minimum absolute atomic E-state index is 0.0297. The Labute approximate surface area is 824 Å². The molecule has 22 rings (SSSR count). The number of nitrogens with two attached hydrogens (primary N) is 1. The molecule has 5 aliphatic carbocycles. The van der Waals surface area contributed by atoms with Gasteiger partial charge in [-0.2, -0.15) is 4.31 Å². The second kappa shape index (κ2) is 40.2. The fourth-order valence-electron chi connectivity index (χ4n) is 19.1. The number of ether oxygens (including phenoxy) is 8. The number of amides is 1. The van der Waals surface area contributed by atoms with Gasteiger partial charge >= 0.3 is 0 Å². The van der Waals surface area contributed by atoms with Crippen molar-refractivity contribution in [2.45, 2.75) is 191 Å². The van der Waals surface area contributed by atoms with Gasteiger partial charge in [-0.25, -0.2) is 34.7 Å². The van der Waals surface area contributed by atoms with Gasteiger partial charge in [0.05, 0.1) is 77.8 Å². The van der Waals surface area contributed by atoms with E-state index in [1.54, 1.807) is 66.7 Å². The van der Waals surface area contributed by atoms with Crippen molar-refractivity contribution in [3.63, 3.8) is 0 Å². The van der Waals surface area contributed by atoms with Gasteiger partial charge in [-0.15, -0.1) is 0 Å². The lowest BCUT2D eigenvalue weighted by Gasteiger charge is -2.30. The number of rotatable bonds is 32. The first kappa shape index (κ1) is 97.4. The Morgan fingerprint density at radius 2 is 0.817 bits per heavy atom. The standard InChI is InChI=1S/C29H29N3O6S.C28H29NO3.C27H26N2O5S.C26H26N2O7S/c30-28(34)20-3-2-14-32(17-20)39(35,36)23-9-6-19(7-10-23)24-5-1-4-22(31-24)16-27(33)29(12-13-29)21-8-11-25-26(15-21)38-18-37-25;1-17(2)20-6-5-7-21(12-20)23-15-29-24(19(4)18(23)3)14-27(30)28(10-11-28)22-8-9-25-26(13-22)32-16-31-25;30-26(27(13-14-27)19-9-12-24-25(15-19)34-17-33-24)16-21-5-2-6-23(28-21)18-7-10-22(11-8-18)35(31,32)29-20-3-1-4-20;29-15-20(30)14-27-36(32,33)21-7-4-17(5-8-21)22-3-1-2-19(28-22)13-25(31)26(10-11-26)18-6-9-23-24(12-18)35-16-34-23/h1,4-11,15,20H,2-3,12-14,16-18H2,(H2,30,34);5-9,12-13,15,17H,10-11,14,16H2,1-4H3;2,5-12,15,20,29H,1,3-4,13-14,16-17H2;1-9,12,20,27,29-30H,10-11,13-16H2/t;;;20-/m...0/s1. The number of carbonyl (C=O) groups is 5. The molecule has 10 aliphatic rings.